The molecule has 2 aromatic carbocycles. The molecule has 0 aliphatic carbocycles. The number of amides is 4. The molecule has 0 aliphatic heterocycles. The first-order valence-electron chi connectivity index (χ1n) is 16.0. The van der Waals surface area contributed by atoms with Crippen LogP contribution in [0.5, 0.6) is 0 Å². The maximum Gasteiger partial charge on any atom is 0.427 e. The van der Waals surface area contributed by atoms with E-state index < -0.39 is 71.3 Å². The third-order valence-electron chi connectivity index (χ3n) is 6.97. The molecule has 4 aromatic rings. The van der Waals surface area contributed by atoms with E-state index in [4.69, 9.17) is 9.47 Å². The van der Waals surface area contributed by atoms with Gasteiger partial charge in [-0.05, 0) is 52.7 Å². The molecule has 2 aromatic heterocycles. The van der Waals surface area contributed by atoms with Gasteiger partial charge in [-0.3, -0.25) is 19.4 Å². The van der Waals surface area contributed by atoms with E-state index in [1.54, 1.807) is 102 Å². The quantitative estimate of drug-likeness (QED) is 0.178. The Kier molecular flexibility index (Phi) is 11.6. The lowest BCUT2D eigenvalue weighted by atomic mass is 10.0. The molecule has 4 N–H and O–H groups in total. The van der Waals surface area contributed by atoms with Gasteiger partial charge in [0.25, 0.3) is 5.56 Å². The van der Waals surface area contributed by atoms with E-state index in [0.29, 0.717) is 16.0 Å². The molecule has 16 nitrogen and oxygen atoms in total. The summed E-state index contributed by atoms with van der Waals surface area (Å²) in [6.07, 6.45) is -1.15. The topological polar surface area (TPSA) is 215 Å². The van der Waals surface area contributed by atoms with Crippen molar-refractivity contribution in [3.63, 3.8) is 0 Å². The smallest absolute Gasteiger partial charge is 0.427 e. The second kappa shape index (κ2) is 15.7. The molecule has 0 fully saturated rings. The van der Waals surface area contributed by atoms with Gasteiger partial charge in [-0.1, -0.05) is 60.7 Å². The number of aliphatic carboxylic acids is 1. The minimum Gasteiger partial charge on any atom is -0.480 e. The first-order chi connectivity index (χ1) is 23.9. The molecule has 2 unspecified atom stereocenters. The average molecular weight is 704 g/mol. The predicted molar refractivity (Wildman–Crippen MR) is 185 cm³/mol. The Labute approximate surface area is 293 Å². The molecular weight excluding hydrogens is 662 g/mol. The van der Waals surface area contributed by atoms with Crippen LogP contribution in [0.4, 0.5) is 15.5 Å². The minimum atomic E-state index is -1.28. The van der Waals surface area contributed by atoms with Gasteiger partial charge in [0.2, 0.25) is 17.8 Å². The van der Waals surface area contributed by atoms with E-state index in [-0.39, 0.29) is 24.0 Å². The van der Waals surface area contributed by atoms with Crippen molar-refractivity contribution in [2.75, 3.05) is 4.90 Å². The third-order valence-corrected chi connectivity index (χ3v) is 6.97. The highest BCUT2D eigenvalue weighted by Crippen LogP contribution is 2.20. The van der Waals surface area contributed by atoms with Gasteiger partial charge in [0.1, 0.15) is 29.8 Å². The van der Waals surface area contributed by atoms with Gasteiger partial charge in [-0.25, -0.2) is 19.4 Å². The number of imidazole rings is 1. The first-order valence-corrected chi connectivity index (χ1v) is 16.0. The van der Waals surface area contributed by atoms with Crippen LogP contribution >= 0.6 is 0 Å². The van der Waals surface area contributed by atoms with Crippen LogP contribution in [0.15, 0.2) is 71.8 Å². The number of hydrogen-bond donors (Lipinski definition) is 4. The second-order valence-electron chi connectivity index (χ2n) is 13.6. The van der Waals surface area contributed by atoms with Crippen molar-refractivity contribution >= 4 is 47.1 Å². The number of hydrogen-bond acceptors (Lipinski definition) is 10. The van der Waals surface area contributed by atoms with Crippen LogP contribution in [0.1, 0.15) is 52.7 Å². The number of benzene rings is 2. The number of imide groups is 1. The van der Waals surface area contributed by atoms with Crippen molar-refractivity contribution < 1.29 is 38.6 Å². The highest BCUT2D eigenvalue weighted by molar-refractivity contribution is 6.08. The van der Waals surface area contributed by atoms with Crippen LogP contribution in [0.2, 0.25) is 0 Å². The zero-order chi connectivity index (χ0) is 37.5. The van der Waals surface area contributed by atoms with Crippen molar-refractivity contribution in [1.82, 2.24) is 30.2 Å². The summed E-state index contributed by atoms with van der Waals surface area (Å²) in [5.41, 5.74) is -1.87. The number of ether oxygens (including phenoxy) is 2. The van der Waals surface area contributed by atoms with Gasteiger partial charge in [0.05, 0.1) is 6.33 Å². The number of nitrogens with zero attached hydrogens (tertiary/aromatic N) is 4. The Morgan fingerprint density at radius 3 is 1.82 bits per heavy atom. The summed E-state index contributed by atoms with van der Waals surface area (Å²) in [7, 11) is 0. The molecule has 0 spiro atoms. The van der Waals surface area contributed by atoms with Crippen molar-refractivity contribution in [3.05, 3.63) is 88.5 Å². The molecule has 0 saturated heterocycles. The molecule has 270 valence electrons. The summed E-state index contributed by atoms with van der Waals surface area (Å²) < 4.78 is 11.9. The number of nitrogens with one attached hydrogen (secondary N) is 3. The normalized spacial score (nSPS) is 12.7. The zero-order valence-electron chi connectivity index (χ0n) is 29.1. The average Bonchev–Trinajstić information content (AvgIpc) is 3.42. The molecule has 4 amide bonds. The Balaban J connectivity index is 1.62. The molecule has 51 heavy (non-hydrogen) atoms. The fourth-order valence-corrected chi connectivity index (χ4v) is 4.80. The number of fused-ring (bicyclic) bond motifs is 1. The van der Waals surface area contributed by atoms with E-state index in [2.05, 4.69) is 25.6 Å². The van der Waals surface area contributed by atoms with E-state index in [1.807, 2.05) is 0 Å². The number of anilines is 1. The van der Waals surface area contributed by atoms with Gasteiger partial charge in [-0.15, -0.1) is 4.90 Å². The summed E-state index contributed by atoms with van der Waals surface area (Å²) in [5, 5.41) is 15.1. The van der Waals surface area contributed by atoms with Crippen molar-refractivity contribution in [3.8, 4) is 0 Å². The molecule has 4 rings (SSSR count). The Morgan fingerprint density at radius 1 is 0.824 bits per heavy atom. The molecule has 0 radical (unpaired) electrons. The van der Waals surface area contributed by atoms with Gasteiger partial charge in [-0.2, -0.15) is 4.98 Å². The SMILES string of the molecule is CC(C)(C)OC(=O)N(C(=O)OC(C)(C)C)c1nc2c(ncn2CC(=O)NC(Cc2ccccc2)C(=O)NC(Cc2ccccc2)C(=O)O)c(=O)[nH]1. The number of carboxylic acids is 1. The van der Waals surface area contributed by atoms with Crippen LogP contribution in [0.25, 0.3) is 11.2 Å². The van der Waals surface area contributed by atoms with Gasteiger partial charge in [0.15, 0.2) is 11.2 Å². The summed E-state index contributed by atoms with van der Waals surface area (Å²) >= 11 is 0. The van der Waals surface area contributed by atoms with E-state index in [9.17, 15) is 33.9 Å². The summed E-state index contributed by atoms with van der Waals surface area (Å²) in [4.78, 5) is 89.6. The largest absolute Gasteiger partial charge is 0.480 e. The van der Waals surface area contributed by atoms with E-state index in [1.165, 1.54) is 4.57 Å². The number of aromatic nitrogens is 4. The van der Waals surface area contributed by atoms with Crippen LogP contribution < -0.4 is 21.1 Å². The van der Waals surface area contributed by atoms with Crippen molar-refractivity contribution in [2.45, 2.75) is 84.2 Å². The van der Waals surface area contributed by atoms with Crippen molar-refractivity contribution in [1.29, 1.82) is 0 Å². The fraction of sp³-hybridized carbons (Fsp3) is 0.371. The first kappa shape index (κ1) is 37.8. The van der Waals surface area contributed by atoms with Crippen LogP contribution in [0.3, 0.4) is 0 Å². The molecule has 0 aliphatic rings. The molecule has 0 saturated carbocycles. The molecule has 2 heterocycles. The number of aromatic amines is 1. The maximum absolute atomic E-state index is 13.5. The van der Waals surface area contributed by atoms with Crippen LogP contribution in [-0.2, 0) is 43.2 Å². The highest BCUT2D eigenvalue weighted by Gasteiger charge is 2.35. The Hall–Kier alpha value is -6.06. The van der Waals surface area contributed by atoms with E-state index >= 15 is 0 Å². The van der Waals surface area contributed by atoms with Crippen LogP contribution in [0, 0.1) is 0 Å². The van der Waals surface area contributed by atoms with Crippen LogP contribution in [-0.4, -0.2) is 77.9 Å². The number of H-pyrrole nitrogens is 1. The lowest BCUT2D eigenvalue weighted by Crippen LogP contribution is -2.53. The zero-order valence-corrected chi connectivity index (χ0v) is 29.1. The number of carbonyl (C=O) groups is 5. The molecule has 2 atom stereocenters. The number of carboxylic acid groups (broad SMARTS) is 1. The second-order valence-corrected chi connectivity index (χ2v) is 13.6. The van der Waals surface area contributed by atoms with Gasteiger partial charge < -0.3 is 29.8 Å². The monoisotopic (exact) mass is 703 g/mol. The standard InChI is InChI=1S/C35H41N7O9/c1-34(2,3)50-32(48)42(33(49)51-35(4,5)6)31-39-27-26(29(45)40-31)36-20-41(27)19-25(43)37-23(17-21-13-9-7-10-14-21)28(44)38-24(30(46)47)18-22-15-11-8-12-16-22/h7-16,20,23-24H,17-19H2,1-6H3,(H,37,43)(H,38,44)(H,46,47)(H,39,40,45). The Morgan fingerprint density at radius 2 is 1.33 bits per heavy atom. The predicted octanol–water partition coefficient (Wildman–Crippen LogP) is 3.34. The fourth-order valence-electron chi connectivity index (χ4n) is 4.80. The highest BCUT2D eigenvalue weighted by atomic mass is 16.6. The lowest BCUT2D eigenvalue weighted by Gasteiger charge is -2.27. The van der Waals surface area contributed by atoms with Gasteiger partial charge in [0, 0.05) is 12.8 Å². The molecule has 16 heteroatoms. The van der Waals surface area contributed by atoms with Crippen molar-refractivity contribution in [2.24, 2.45) is 0 Å². The number of rotatable bonds is 11. The summed E-state index contributed by atoms with van der Waals surface area (Å²) in [5.74, 6) is -3.23. The van der Waals surface area contributed by atoms with E-state index in [0.717, 1.165) is 6.33 Å². The third kappa shape index (κ3) is 10.7. The lowest BCUT2D eigenvalue weighted by molar-refractivity contribution is -0.142. The summed E-state index contributed by atoms with van der Waals surface area (Å²) in [6, 6.07) is 15.1. The summed E-state index contributed by atoms with van der Waals surface area (Å²) in [6.45, 7) is 9.01. The minimum absolute atomic E-state index is 0.0150. The maximum atomic E-state index is 13.5. The molecule has 0 bridgehead atoms. The Bertz CT molecular complexity index is 1920. The van der Waals surface area contributed by atoms with Gasteiger partial charge >= 0.3 is 18.2 Å². The number of carbonyl (C=O) groups excluding carboxylic acids is 4. The molecular formula is C35H41N7O9.